The quantitative estimate of drug-likeness (QED) is 0.837. The van der Waals surface area contributed by atoms with E-state index in [4.69, 9.17) is 5.73 Å². The molecule has 0 unspecified atom stereocenters. The molecule has 21 heavy (non-hydrogen) atoms. The van der Waals surface area contributed by atoms with Crippen LogP contribution in [0.2, 0.25) is 0 Å². The lowest BCUT2D eigenvalue weighted by molar-refractivity contribution is 0.235. The molecule has 0 aromatic carbocycles. The van der Waals surface area contributed by atoms with E-state index in [9.17, 15) is 0 Å². The molecule has 0 amide bonds. The highest BCUT2D eigenvalue weighted by Gasteiger charge is 2.27. The van der Waals surface area contributed by atoms with Crippen LogP contribution in [0.1, 0.15) is 31.4 Å². The third-order valence-electron chi connectivity index (χ3n) is 4.76. The van der Waals surface area contributed by atoms with Crippen LogP contribution in [0, 0.1) is 0 Å². The number of nitrogens with one attached hydrogen (secondary N) is 1. The predicted molar refractivity (Wildman–Crippen MR) is 85.2 cm³/mol. The number of nitrogens with two attached hydrogens (primary N) is 1. The molecule has 0 radical (unpaired) electrons. The van der Waals surface area contributed by atoms with Crippen LogP contribution in [0.5, 0.6) is 0 Å². The van der Waals surface area contributed by atoms with Crippen LogP contribution >= 0.6 is 0 Å². The molecular weight excluding hydrogens is 264 g/mol. The summed E-state index contributed by atoms with van der Waals surface area (Å²) in [5, 5.41) is 3.28. The normalized spacial score (nSPS) is 20.2. The molecule has 2 fully saturated rings. The van der Waals surface area contributed by atoms with Crippen molar-refractivity contribution in [1.82, 2.24) is 20.2 Å². The molecule has 6 nitrogen and oxygen atoms in total. The van der Waals surface area contributed by atoms with Gasteiger partial charge in [0.2, 0.25) is 5.95 Å². The van der Waals surface area contributed by atoms with Crippen LogP contribution < -0.4 is 16.0 Å². The van der Waals surface area contributed by atoms with E-state index in [-0.39, 0.29) is 0 Å². The summed E-state index contributed by atoms with van der Waals surface area (Å²) in [5.41, 5.74) is 6.92. The van der Waals surface area contributed by atoms with Gasteiger partial charge in [-0.2, -0.15) is 4.98 Å². The Morgan fingerprint density at radius 1 is 1.33 bits per heavy atom. The highest BCUT2D eigenvalue weighted by Crippen LogP contribution is 2.25. The Bertz CT molecular complexity index is 479. The maximum atomic E-state index is 5.89. The molecule has 0 bridgehead atoms. The Balaban J connectivity index is 1.66. The van der Waals surface area contributed by atoms with Crippen molar-refractivity contribution in [3.05, 3.63) is 11.8 Å². The van der Waals surface area contributed by atoms with E-state index in [0.717, 1.165) is 31.1 Å². The van der Waals surface area contributed by atoms with Crippen molar-refractivity contribution in [1.29, 1.82) is 0 Å². The summed E-state index contributed by atoms with van der Waals surface area (Å²) in [4.78, 5) is 13.4. The SMILES string of the molecule is CNC1CN(c2cc(CN(C)C3CCCC3)nc(N)n2)C1. The van der Waals surface area contributed by atoms with Crippen LogP contribution in [-0.2, 0) is 6.54 Å². The zero-order valence-electron chi connectivity index (χ0n) is 13.0. The van der Waals surface area contributed by atoms with Gasteiger partial charge in [-0.15, -0.1) is 0 Å². The third kappa shape index (κ3) is 3.27. The number of nitrogen functional groups attached to an aromatic ring is 1. The molecule has 1 aliphatic heterocycles. The van der Waals surface area contributed by atoms with E-state index in [1.54, 1.807) is 0 Å². The number of hydrogen-bond donors (Lipinski definition) is 2. The lowest BCUT2D eigenvalue weighted by Crippen LogP contribution is -2.57. The average Bonchev–Trinajstić information content (AvgIpc) is 2.90. The maximum Gasteiger partial charge on any atom is 0.222 e. The van der Waals surface area contributed by atoms with Crippen LogP contribution in [0.25, 0.3) is 0 Å². The molecule has 1 aliphatic carbocycles. The van der Waals surface area contributed by atoms with Crippen LogP contribution in [-0.4, -0.2) is 54.1 Å². The number of nitrogens with zero attached hydrogens (tertiary/aromatic N) is 4. The predicted octanol–water partition coefficient (Wildman–Crippen LogP) is 0.841. The summed E-state index contributed by atoms with van der Waals surface area (Å²) >= 11 is 0. The molecule has 6 heteroatoms. The molecule has 1 aromatic rings. The van der Waals surface area contributed by atoms with Gasteiger partial charge in [0.1, 0.15) is 5.82 Å². The van der Waals surface area contributed by atoms with Gasteiger partial charge in [-0.3, -0.25) is 4.90 Å². The van der Waals surface area contributed by atoms with E-state index in [0.29, 0.717) is 18.0 Å². The van der Waals surface area contributed by atoms with Crippen molar-refractivity contribution in [2.24, 2.45) is 0 Å². The highest BCUT2D eigenvalue weighted by atomic mass is 15.3. The van der Waals surface area contributed by atoms with E-state index in [1.165, 1.54) is 25.7 Å². The Labute approximate surface area is 126 Å². The third-order valence-corrected chi connectivity index (χ3v) is 4.76. The van der Waals surface area contributed by atoms with Gasteiger partial charge >= 0.3 is 0 Å². The lowest BCUT2D eigenvalue weighted by Gasteiger charge is -2.40. The minimum atomic E-state index is 0.384. The molecule has 1 aromatic heterocycles. The fourth-order valence-corrected chi connectivity index (χ4v) is 3.32. The maximum absolute atomic E-state index is 5.89. The fraction of sp³-hybridized carbons (Fsp3) is 0.733. The topological polar surface area (TPSA) is 70.3 Å². The van der Waals surface area contributed by atoms with Crippen molar-refractivity contribution in [3.8, 4) is 0 Å². The second-order valence-corrected chi connectivity index (χ2v) is 6.32. The van der Waals surface area contributed by atoms with Gasteiger partial charge in [0.25, 0.3) is 0 Å². The number of hydrogen-bond acceptors (Lipinski definition) is 6. The number of likely N-dealkylation sites (N-methyl/N-ethyl adjacent to an activating group) is 1. The lowest BCUT2D eigenvalue weighted by atomic mass is 10.1. The van der Waals surface area contributed by atoms with Crippen LogP contribution in [0.15, 0.2) is 6.07 Å². The molecule has 116 valence electrons. The van der Waals surface area contributed by atoms with Crippen molar-refractivity contribution in [3.63, 3.8) is 0 Å². The average molecular weight is 290 g/mol. The zero-order valence-corrected chi connectivity index (χ0v) is 13.0. The molecule has 1 saturated carbocycles. The molecule has 0 atom stereocenters. The Morgan fingerprint density at radius 3 is 2.71 bits per heavy atom. The number of aromatic nitrogens is 2. The summed E-state index contributed by atoms with van der Waals surface area (Å²) in [7, 11) is 4.19. The molecule has 0 spiro atoms. The monoisotopic (exact) mass is 290 g/mol. The molecule has 2 heterocycles. The van der Waals surface area contributed by atoms with Crippen molar-refractivity contribution < 1.29 is 0 Å². The van der Waals surface area contributed by atoms with Gasteiger partial charge in [-0.1, -0.05) is 12.8 Å². The smallest absolute Gasteiger partial charge is 0.222 e. The van der Waals surface area contributed by atoms with Crippen LogP contribution in [0.3, 0.4) is 0 Å². The van der Waals surface area contributed by atoms with Gasteiger partial charge in [0, 0.05) is 37.8 Å². The highest BCUT2D eigenvalue weighted by molar-refractivity contribution is 5.46. The zero-order chi connectivity index (χ0) is 14.8. The standard InChI is InChI=1S/C15H26N6/c1-17-12-9-21(10-12)14-7-11(18-15(16)19-14)8-20(2)13-5-3-4-6-13/h7,12-13,17H,3-6,8-10H2,1-2H3,(H2,16,18,19). The fourth-order valence-electron chi connectivity index (χ4n) is 3.32. The van der Waals surface area contributed by atoms with Crippen molar-refractivity contribution in [2.75, 3.05) is 37.8 Å². The molecule has 3 N–H and O–H groups in total. The van der Waals surface area contributed by atoms with Crippen LogP contribution in [0.4, 0.5) is 11.8 Å². The van der Waals surface area contributed by atoms with E-state index < -0.39 is 0 Å². The first-order valence-corrected chi connectivity index (χ1v) is 7.91. The largest absolute Gasteiger partial charge is 0.368 e. The first-order valence-electron chi connectivity index (χ1n) is 7.91. The van der Waals surface area contributed by atoms with Gasteiger partial charge in [0.05, 0.1) is 5.69 Å². The second-order valence-electron chi connectivity index (χ2n) is 6.32. The van der Waals surface area contributed by atoms with E-state index >= 15 is 0 Å². The Kier molecular flexibility index (Phi) is 4.26. The van der Waals surface area contributed by atoms with Crippen molar-refractivity contribution in [2.45, 2.75) is 44.3 Å². The minimum absolute atomic E-state index is 0.384. The molecule has 2 aliphatic rings. The minimum Gasteiger partial charge on any atom is -0.368 e. The number of anilines is 2. The van der Waals surface area contributed by atoms with Gasteiger partial charge in [-0.25, -0.2) is 4.98 Å². The first kappa shape index (κ1) is 14.5. The summed E-state index contributed by atoms with van der Waals surface area (Å²) in [6, 6.07) is 3.35. The molecule has 3 rings (SSSR count). The van der Waals surface area contributed by atoms with E-state index in [1.807, 2.05) is 7.05 Å². The Hall–Kier alpha value is -1.40. The summed E-state index contributed by atoms with van der Waals surface area (Å²) in [5.74, 6) is 1.35. The summed E-state index contributed by atoms with van der Waals surface area (Å²) in [6.07, 6.45) is 5.32. The second kappa shape index (κ2) is 6.15. The summed E-state index contributed by atoms with van der Waals surface area (Å²) in [6.45, 7) is 2.84. The van der Waals surface area contributed by atoms with E-state index in [2.05, 4.69) is 38.2 Å². The van der Waals surface area contributed by atoms with Gasteiger partial charge in [-0.05, 0) is 26.9 Å². The van der Waals surface area contributed by atoms with Gasteiger partial charge in [0.15, 0.2) is 0 Å². The Morgan fingerprint density at radius 2 is 2.05 bits per heavy atom. The summed E-state index contributed by atoms with van der Waals surface area (Å²) < 4.78 is 0. The van der Waals surface area contributed by atoms with Crippen molar-refractivity contribution >= 4 is 11.8 Å². The molecular formula is C15H26N6. The number of rotatable bonds is 5. The van der Waals surface area contributed by atoms with Gasteiger partial charge < -0.3 is 16.0 Å². The first-order chi connectivity index (χ1) is 10.2. The molecule has 1 saturated heterocycles.